The molecular weight excluding hydrogens is 380 g/mol. The molecule has 3 aromatic rings. The molecule has 6 nitrogen and oxygen atoms in total. The van der Waals surface area contributed by atoms with Gasteiger partial charge in [0.2, 0.25) is 0 Å². The van der Waals surface area contributed by atoms with Crippen molar-refractivity contribution < 1.29 is 19.1 Å². The number of amides is 2. The minimum Gasteiger partial charge on any atom is -0.465 e. The van der Waals surface area contributed by atoms with E-state index in [1.54, 1.807) is 54.6 Å². The summed E-state index contributed by atoms with van der Waals surface area (Å²) in [6.45, 7) is 0. The Bertz CT molecular complexity index is 1060. The van der Waals surface area contributed by atoms with Crippen molar-refractivity contribution in [3.8, 4) is 0 Å². The van der Waals surface area contributed by atoms with Gasteiger partial charge in [-0.05, 0) is 48.0 Å². The summed E-state index contributed by atoms with van der Waals surface area (Å²) in [5.74, 6) is -1.35. The Morgan fingerprint density at radius 3 is 1.97 bits per heavy atom. The molecule has 3 aromatic carbocycles. The Morgan fingerprint density at radius 1 is 0.767 bits per heavy atom. The molecule has 0 heterocycles. The van der Waals surface area contributed by atoms with Crippen LogP contribution in [0.1, 0.15) is 26.3 Å². The molecule has 0 aliphatic rings. The van der Waals surface area contributed by atoms with Crippen molar-refractivity contribution in [2.75, 3.05) is 12.4 Å². The Hall–Kier alpha value is -4.19. The highest BCUT2D eigenvalue weighted by atomic mass is 16.5. The zero-order valence-electron chi connectivity index (χ0n) is 16.3. The lowest BCUT2D eigenvalue weighted by atomic mass is 10.1. The molecule has 2 N–H and O–H groups in total. The first-order chi connectivity index (χ1) is 14.6. The average molecular weight is 400 g/mol. The van der Waals surface area contributed by atoms with Crippen LogP contribution in [0.25, 0.3) is 6.08 Å². The molecule has 0 bridgehead atoms. The largest absolute Gasteiger partial charge is 0.465 e. The Morgan fingerprint density at radius 2 is 1.37 bits per heavy atom. The molecule has 0 unspecified atom stereocenters. The number of benzene rings is 3. The lowest BCUT2D eigenvalue weighted by Gasteiger charge is -2.12. The summed E-state index contributed by atoms with van der Waals surface area (Å²) in [6.07, 6.45) is 1.60. The van der Waals surface area contributed by atoms with Gasteiger partial charge in [0.25, 0.3) is 11.8 Å². The van der Waals surface area contributed by atoms with E-state index in [-0.39, 0.29) is 5.70 Å². The predicted octanol–water partition coefficient (Wildman–Crippen LogP) is 3.88. The highest BCUT2D eigenvalue weighted by molar-refractivity contribution is 6.10. The second-order valence-electron chi connectivity index (χ2n) is 6.31. The van der Waals surface area contributed by atoms with Gasteiger partial charge in [-0.2, -0.15) is 0 Å². The van der Waals surface area contributed by atoms with Gasteiger partial charge >= 0.3 is 5.97 Å². The van der Waals surface area contributed by atoms with E-state index in [1.165, 1.54) is 7.11 Å². The van der Waals surface area contributed by atoms with Crippen LogP contribution in [0.4, 0.5) is 5.69 Å². The van der Waals surface area contributed by atoms with Crippen LogP contribution in [-0.2, 0) is 9.53 Å². The minimum absolute atomic E-state index is 0.0899. The number of carbonyl (C=O) groups is 3. The molecule has 0 saturated carbocycles. The molecule has 0 fully saturated rings. The van der Waals surface area contributed by atoms with E-state index in [4.69, 9.17) is 0 Å². The number of esters is 1. The molecule has 150 valence electrons. The average Bonchev–Trinajstić information content (AvgIpc) is 2.79. The number of rotatable bonds is 6. The third-order valence-corrected chi connectivity index (χ3v) is 4.20. The van der Waals surface area contributed by atoms with Crippen molar-refractivity contribution in [1.29, 1.82) is 0 Å². The van der Waals surface area contributed by atoms with Crippen molar-refractivity contribution in [2.24, 2.45) is 0 Å². The number of methoxy groups -OCH3 is 1. The molecule has 0 aliphatic heterocycles. The molecule has 0 radical (unpaired) electrons. The SMILES string of the molecule is COC(=O)c1ccc(NC(=O)/C(=C\c2ccccc2)NC(=O)c2ccccc2)cc1. The van der Waals surface area contributed by atoms with Crippen molar-refractivity contribution in [3.05, 3.63) is 107 Å². The molecule has 2 amide bonds. The molecule has 0 atom stereocenters. The van der Waals surface area contributed by atoms with Gasteiger partial charge in [0.1, 0.15) is 5.70 Å². The van der Waals surface area contributed by atoms with Gasteiger partial charge < -0.3 is 15.4 Å². The fourth-order valence-corrected chi connectivity index (χ4v) is 2.66. The quantitative estimate of drug-likeness (QED) is 0.486. The summed E-state index contributed by atoms with van der Waals surface area (Å²) in [5.41, 5.74) is 2.13. The maximum absolute atomic E-state index is 12.9. The summed E-state index contributed by atoms with van der Waals surface area (Å²) in [5, 5.41) is 5.41. The van der Waals surface area contributed by atoms with Gasteiger partial charge in [-0.15, -0.1) is 0 Å². The van der Waals surface area contributed by atoms with Crippen LogP contribution in [-0.4, -0.2) is 24.9 Å². The Balaban J connectivity index is 1.82. The summed E-state index contributed by atoms with van der Waals surface area (Å²) in [7, 11) is 1.30. The lowest BCUT2D eigenvalue weighted by molar-refractivity contribution is -0.113. The third-order valence-electron chi connectivity index (χ3n) is 4.20. The number of anilines is 1. The number of carbonyl (C=O) groups excluding carboxylic acids is 3. The lowest BCUT2D eigenvalue weighted by Crippen LogP contribution is -2.30. The van der Waals surface area contributed by atoms with Crippen molar-refractivity contribution >= 4 is 29.5 Å². The molecule has 0 spiro atoms. The van der Waals surface area contributed by atoms with Crippen LogP contribution < -0.4 is 10.6 Å². The predicted molar refractivity (Wildman–Crippen MR) is 115 cm³/mol. The normalized spacial score (nSPS) is 10.8. The number of hydrogen-bond acceptors (Lipinski definition) is 4. The fraction of sp³-hybridized carbons (Fsp3) is 0.0417. The van der Waals surface area contributed by atoms with Gasteiger partial charge in [-0.1, -0.05) is 48.5 Å². The molecule has 6 heteroatoms. The van der Waals surface area contributed by atoms with Crippen molar-refractivity contribution in [1.82, 2.24) is 5.32 Å². The molecule has 3 rings (SSSR count). The van der Waals surface area contributed by atoms with E-state index < -0.39 is 17.8 Å². The smallest absolute Gasteiger partial charge is 0.337 e. The zero-order chi connectivity index (χ0) is 21.3. The highest BCUT2D eigenvalue weighted by Gasteiger charge is 2.15. The van der Waals surface area contributed by atoms with E-state index in [2.05, 4.69) is 15.4 Å². The number of ether oxygens (including phenoxy) is 1. The van der Waals surface area contributed by atoms with Crippen LogP contribution >= 0.6 is 0 Å². The summed E-state index contributed by atoms with van der Waals surface area (Å²) >= 11 is 0. The Labute approximate surface area is 174 Å². The van der Waals surface area contributed by atoms with Gasteiger partial charge in [-0.3, -0.25) is 9.59 Å². The fourth-order valence-electron chi connectivity index (χ4n) is 2.66. The maximum atomic E-state index is 12.9. The number of nitrogens with one attached hydrogen (secondary N) is 2. The second kappa shape index (κ2) is 9.84. The van der Waals surface area contributed by atoms with Gasteiger partial charge in [0, 0.05) is 11.3 Å². The maximum Gasteiger partial charge on any atom is 0.337 e. The van der Waals surface area contributed by atoms with Crippen LogP contribution in [0, 0.1) is 0 Å². The van der Waals surface area contributed by atoms with E-state index in [0.717, 1.165) is 5.56 Å². The van der Waals surface area contributed by atoms with E-state index in [1.807, 2.05) is 36.4 Å². The summed E-state index contributed by atoms with van der Waals surface area (Å²) in [4.78, 5) is 37.0. The summed E-state index contributed by atoms with van der Waals surface area (Å²) < 4.78 is 4.66. The summed E-state index contributed by atoms with van der Waals surface area (Å²) in [6, 6.07) is 24.1. The van der Waals surface area contributed by atoms with Crippen LogP contribution in [0.15, 0.2) is 90.6 Å². The second-order valence-corrected chi connectivity index (χ2v) is 6.31. The molecule has 0 aliphatic carbocycles. The van der Waals surface area contributed by atoms with E-state index >= 15 is 0 Å². The third kappa shape index (κ3) is 5.42. The first-order valence-electron chi connectivity index (χ1n) is 9.19. The van der Waals surface area contributed by atoms with Crippen LogP contribution in [0.5, 0.6) is 0 Å². The molecular formula is C24H20N2O4. The zero-order valence-corrected chi connectivity index (χ0v) is 16.3. The standard InChI is InChI=1S/C24H20N2O4/c1-30-24(29)19-12-14-20(15-13-19)25-23(28)21(16-17-8-4-2-5-9-17)26-22(27)18-10-6-3-7-11-18/h2-16H,1H3,(H,25,28)(H,26,27)/b21-16+. The van der Waals surface area contributed by atoms with Gasteiger partial charge in [0.05, 0.1) is 12.7 Å². The van der Waals surface area contributed by atoms with Crippen LogP contribution in [0.3, 0.4) is 0 Å². The topological polar surface area (TPSA) is 84.5 Å². The molecule has 30 heavy (non-hydrogen) atoms. The van der Waals surface area contributed by atoms with Crippen molar-refractivity contribution in [3.63, 3.8) is 0 Å². The monoisotopic (exact) mass is 400 g/mol. The first-order valence-corrected chi connectivity index (χ1v) is 9.19. The first kappa shape index (κ1) is 20.5. The minimum atomic E-state index is -0.492. The molecule has 0 aromatic heterocycles. The number of hydrogen-bond donors (Lipinski definition) is 2. The van der Waals surface area contributed by atoms with Crippen LogP contribution in [0.2, 0.25) is 0 Å². The van der Waals surface area contributed by atoms with E-state index in [0.29, 0.717) is 16.8 Å². The van der Waals surface area contributed by atoms with Gasteiger partial charge in [0.15, 0.2) is 0 Å². The molecule has 0 saturated heterocycles. The Kier molecular flexibility index (Phi) is 6.74. The van der Waals surface area contributed by atoms with Gasteiger partial charge in [-0.25, -0.2) is 4.79 Å². The van der Waals surface area contributed by atoms with Crippen molar-refractivity contribution in [2.45, 2.75) is 0 Å². The highest BCUT2D eigenvalue weighted by Crippen LogP contribution is 2.13. The van der Waals surface area contributed by atoms with E-state index in [9.17, 15) is 14.4 Å².